The minimum atomic E-state index is -0.783. The van der Waals surface area contributed by atoms with Crippen LogP contribution in [0.5, 0.6) is 0 Å². The van der Waals surface area contributed by atoms with Crippen molar-refractivity contribution in [3.63, 3.8) is 0 Å². The van der Waals surface area contributed by atoms with E-state index in [-0.39, 0.29) is 25.7 Å². The maximum Gasteiger partial charge on any atom is 0.325 e. The van der Waals surface area contributed by atoms with Crippen molar-refractivity contribution >= 4 is 11.9 Å². The first-order valence-electron chi connectivity index (χ1n) is 7.33. The number of hydrogen-bond acceptors (Lipinski definition) is 8. The second kappa shape index (κ2) is 9.58. The molecule has 9 nitrogen and oxygen atoms in total. The van der Waals surface area contributed by atoms with Crippen molar-refractivity contribution in [3.05, 3.63) is 12.2 Å². The molecule has 2 atom stereocenters. The first-order chi connectivity index (χ1) is 11.2. The number of fused-ring (bicyclic) bond motifs is 2. The smallest absolute Gasteiger partial charge is 0.325 e. The van der Waals surface area contributed by atoms with Crippen LogP contribution in [0.4, 0.5) is 0 Å². The van der Waals surface area contributed by atoms with Crippen LogP contribution in [-0.2, 0) is 38.3 Å². The van der Waals surface area contributed by atoms with Gasteiger partial charge in [-0.3, -0.25) is 14.5 Å². The van der Waals surface area contributed by atoms with E-state index in [9.17, 15) is 9.59 Å². The fourth-order valence-corrected chi connectivity index (χ4v) is 1.98. The second-order valence-electron chi connectivity index (χ2n) is 4.79. The van der Waals surface area contributed by atoms with E-state index in [4.69, 9.17) is 28.7 Å². The summed E-state index contributed by atoms with van der Waals surface area (Å²) in [5.74, 6) is -0.840. The molecule has 9 heteroatoms. The largest absolute Gasteiger partial charge is 0.462 e. The molecule has 1 fully saturated rings. The normalized spacial score (nSPS) is 22.7. The lowest BCUT2D eigenvalue weighted by Gasteiger charge is -2.38. The summed E-state index contributed by atoms with van der Waals surface area (Å²) in [6.45, 7) is 2.10. The average Bonchev–Trinajstić information content (AvgIpc) is 2.57. The molecule has 1 saturated heterocycles. The zero-order valence-corrected chi connectivity index (χ0v) is 13.0. The standard InChI is InChI=1S/C14H21NO8/c1-18-4-5-19-6-7-20-8-9-21-13(16)10-15-12-3-2-11(14(15)17)22-23-12/h2-3,11-12H,4-10H2,1H3. The minimum absolute atomic E-state index is 0.111. The van der Waals surface area contributed by atoms with Gasteiger partial charge in [0.2, 0.25) is 0 Å². The lowest BCUT2D eigenvalue weighted by Crippen LogP contribution is -2.56. The van der Waals surface area contributed by atoms with Gasteiger partial charge < -0.3 is 18.9 Å². The van der Waals surface area contributed by atoms with Gasteiger partial charge in [-0.2, -0.15) is 0 Å². The molecule has 1 amide bonds. The lowest BCUT2D eigenvalue weighted by atomic mass is 10.1. The highest BCUT2D eigenvalue weighted by Gasteiger charge is 2.40. The Labute approximate surface area is 133 Å². The van der Waals surface area contributed by atoms with Crippen LogP contribution in [-0.4, -0.2) is 82.4 Å². The molecule has 0 aliphatic carbocycles. The Hall–Kier alpha value is -1.52. The van der Waals surface area contributed by atoms with Crippen LogP contribution >= 0.6 is 0 Å². The van der Waals surface area contributed by atoms with Crippen LogP contribution in [0.2, 0.25) is 0 Å². The predicted molar refractivity (Wildman–Crippen MR) is 75.1 cm³/mol. The molecule has 0 aromatic rings. The van der Waals surface area contributed by atoms with Crippen molar-refractivity contribution in [1.29, 1.82) is 0 Å². The molecule has 3 aliphatic rings. The van der Waals surface area contributed by atoms with Crippen molar-refractivity contribution in [1.82, 2.24) is 4.90 Å². The number of amides is 1. The Bertz CT molecular complexity index is 427. The van der Waals surface area contributed by atoms with Crippen LogP contribution in [0.3, 0.4) is 0 Å². The molecule has 23 heavy (non-hydrogen) atoms. The van der Waals surface area contributed by atoms with E-state index in [1.54, 1.807) is 19.3 Å². The van der Waals surface area contributed by atoms with Crippen molar-refractivity contribution in [2.24, 2.45) is 0 Å². The van der Waals surface area contributed by atoms with E-state index in [0.29, 0.717) is 26.4 Å². The second-order valence-corrected chi connectivity index (χ2v) is 4.79. The predicted octanol–water partition coefficient (Wildman–Crippen LogP) is -0.736. The molecule has 2 bridgehead atoms. The molecular formula is C14H21NO8. The summed E-state index contributed by atoms with van der Waals surface area (Å²) >= 11 is 0. The third kappa shape index (κ3) is 5.56. The van der Waals surface area contributed by atoms with E-state index >= 15 is 0 Å². The van der Waals surface area contributed by atoms with E-state index < -0.39 is 18.3 Å². The van der Waals surface area contributed by atoms with Crippen molar-refractivity contribution in [2.75, 3.05) is 53.3 Å². The van der Waals surface area contributed by atoms with E-state index in [2.05, 4.69) is 0 Å². The highest BCUT2D eigenvalue weighted by molar-refractivity contribution is 5.88. The number of methoxy groups -OCH3 is 1. The van der Waals surface area contributed by atoms with E-state index in [0.717, 1.165) is 0 Å². The third-order valence-electron chi connectivity index (χ3n) is 3.14. The first kappa shape index (κ1) is 17.8. The summed E-state index contributed by atoms with van der Waals surface area (Å²) in [5.41, 5.74) is 0. The number of carbonyl (C=O) groups is 2. The molecule has 0 aromatic heterocycles. The summed E-state index contributed by atoms with van der Waals surface area (Å²) in [6.07, 6.45) is 1.80. The highest BCUT2D eigenvalue weighted by atomic mass is 17.2. The maximum absolute atomic E-state index is 11.9. The molecule has 2 unspecified atom stereocenters. The number of ether oxygens (including phenoxy) is 4. The molecule has 0 aromatic carbocycles. The van der Waals surface area contributed by atoms with Gasteiger partial charge in [-0.25, -0.2) is 9.78 Å². The molecule has 0 spiro atoms. The van der Waals surface area contributed by atoms with E-state index in [1.807, 2.05) is 0 Å². The van der Waals surface area contributed by atoms with Gasteiger partial charge in [-0.05, 0) is 12.2 Å². The third-order valence-corrected chi connectivity index (χ3v) is 3.14. The van der Waals surface area contributed by atoms with Gasteiger partial charge in [0.1, 0.15) is 13.2 Å². The number of carbonyl (C=O) groups excluding carboxylic acids is 2. The fraction of sp³-hybridized carbons (Fsp3) is 0.714. The Balaban J connectivity index is 1.51. The van der Waals surface area contributed by atoms with Gasteiger partial charge in [0, 0.05) is 7.11 Å². The topological polar surface area (TPSA) is 92.8 Å². The molecular weight excluding hydrogens is 310 g/mol. The zero-order valence-electron chi connectivity index (χ0n) is 13.0. The number of nitrogens with zero attached hydrogens (tertiary/aromatic N) is 1. The number of hydrogen-bond donors (Lipinski definition) is 0. The van der Waals surface area contributed by atoms with Crippen LogP contribution in [0.25, 0.3) is 0 Å². The lowest BCUT2D eigenvalue weighted by molar-refractivity contribution is -0.374. The average molecular weight is 331 g/mol. The number of esters is 1. The number of rotatable bonds is 11. The van der Waals surface area contributed by atoms with Gasteiger partial charge in [0.25, 0.3) is 5.91 Å². The van der Waals surface area contributed by atoms with Gasteiger partial charge in [0.15, 0.2) is 12.3 Å². The molecule has 0 radical (unpaired) electrons. The Morgan fingerprint density at radius 3 is 2.39 bits per heavy atom. The van der Waals surface area contributed by atoms with Crippen LogP contribution < -0.4 is 0 Å². The summed E-state index contributed by atoms with van der Waals surface area (Å²) < 4.78 is 20.3. The minimum Gasteiger partial charge on any atom is -0.462 e. The quantitative estimate of drug-likeness (QED) is 0.212. The van der Waals surface area contributed by atoms with Crippen LogP contribution in [0, 0.1) is 0 Å². The molecule has 130 valence electrons. The summed E-state index contributed by atoms with van der Waals surface area (Å²) in [6, 6.07) is 0. The molecule has 0 saturated carbocycles. The summed E-state index contributed by atoms with van der Waals surface area (Å²) in [4.78, 5) is 34.5. The van der Waals surface area contributed by atoms with Crippen molar-refractivity contribution in [3.8, 4) is 0 Å². The summed E-state index contributed by atoms with van der Waals surface area (Å²) in [7, 11) is 1.60. The first-order valence-corrected chi connectivity index (χ1v) is 7.33. The van der Waals surface area contributed by atoms with Crippen molar-refractivity contribution in [2.45, 2.75) is 12.3 Å². The van der Waals surface area contributed by atoms with Gasteiger partial charge in [-0.15, -0.1) is 0 Å². The van der Waals surface area contributed by atoms with Crippen LogP contribution in [0.15, 0.2) is 12.2 Å². The van der Waals surface area contributed by atoms with Gasteiger partial charge >= 0.3 is 5.97 Å². The monoisotopic (exact) mass is 331 g/mol. The molecule has 3 aliphatic heterocycles. The zero-order chi connectivity index (χ0) is 16.5. The maximum atomic E-state index is 11.9. The van der Waals surface area contributed by atoms with Gasteiger partial charge in [0.05, 0.1) is 33.0 Å². The molecule has 0 N–H and O–H groups in total. The Morgan fingerprint density at radius 1 is 1.09 bits per heavy atom. The Morgan fingerprint density at radius 2 is 1.78 bits per heavy atom. The Kier molecular flexibility index (Phi) is 7.43. The van der Waals surface area contributed by atoms with Crippen molar-refractivity contribution < 1.29 is 38.3 Å². The molecule has 3 heterocycles. The SMILES string of the molecule is COCCOCCOCCOC(=O)CN1C(=O)C2C=CC1OO2. The fourth-order valence-electron chi connectivity index (χ4n) is 1.98. The highest BCUT2D eigenvalue weighted by Crippen LogP contribution is 2.22. The molecule has 3 rings (SSSR count). The summed E-state index contributed by atoms with van der Waals surface area (Å²) in [5, 5.41) is 0. The van der Waals surface area contributed by atoms with Gasteiger partial charge in [-0.1, -0.05) is 0 Å². The van der Waals surface area contributed by atoms with E-state index in [1.165, 1.54) is 4.90 Å². The van der Waals surface area contributed by atoms with Crippen LogP contribution in [0.1, 0.15) is 0 Å².